The molecule has 0 radical (unpaired) electrons. The zero-order chi connectivity index (χ0) is 16.8. The van der Waals surface area contributed by atoms with Gasteiger partial charge in [0.05, 0.1) is 11.7 Å². The number of aliphatic carboxylic acids is 1. The maximum Gasteiger partial charge on any atom is 0.303 e. The van der Waals surface area contributed by atoms with Crippen molar-refractivity contribution in [3.05, 3.63) is 65.2 Å². The summed E-state index contributed by atoms with van der Waals surface area (Å²) in [6, 6.07) is 9.92. The van der Waals surface area contributed by atoms with Crippen LogP contribution in [0.3, 0.4) is 0 Å². The highest BCUT2D eigenvalue weighted by Gasteiger charge is 2.12. The van der Waals surface area contributed by atoms with Crippen LogP contribution in [0.2, 0.25) is 0 Å². The Balaban J connectivity index is 2.04. The summed E-state index contributed by atoms with van der Waals surface area (Å²) in [6.07, 6.45) is -1.03. The Hall–Kier alpha value is -2.47. The van der Waals surface area contributed by atoms with E-state index < -0.39 is 23.7 Å². The molecule has 2 aromatic rings. The lowest BCUT2D eigenvalue weighted by Gasteiger charge is -2.12. The number of carbonyl (C=O) groups is 1. The Morgan fingerprint density at radius 2 is 1.78 bits per heavy atom. The molecule has 0 amide bonds. The lowest BCUT2D eigenvalue weighted by atomic mass is 10.0. The van der Waals surface area contributed by atoms with Crippen molar-refractivity contribution in [2.45, 2.75) is 25.6 Å². The predicted octanol–water partition coefficient (Wildman–Crippen LogP) is 3.44. The van der Waals surface area contributed by atoms with Crippen molar-refractivity contribution in [1.29, 1.82) is 0 Å². The molecule has 0 aliphatic rings. The van der Waals surface area contributed by atoms with E-state index in [-0.39, 0.29) is 25.0 Å². The highest BCUT2D eigenvalue weighted by molar-refractivity contribution is 5.66. The second-order valence-corrected chi connectivity index (χ2v) is 5.01. The van der Waals surface area contributed by atoms with E-state index in [0.717, 1.165) is 12.1 Å². The molecule has 2 N–H and O–H groups in total. The van der Waals surface area contributed by atoms with Crippen molar-refractivity contribution in [2.24, 2.45) is 0 Å². The Kier molecular flexibility index (Phi) is 5.65. The summed E-state index contributed by atoms with van der Waals surface area (Å²) in [7, 11) is 0. The summed E-state index contributed by atoms with van der Waals surface area (Å²) < 4.78 is 32.4. The van der Waals surface area contributed by atoms with Crippen LogP contribution in [0.5, 0.6) is 5.75 Å². The van der Waals surface area contributed by atoms with Crippen molar-refractivity contribution in [1.82, 2.24) is 0 Å². The van der Waals surface area contributed by atoms with Crippen molar-refractivity contribution < 1.29 is 28.5 Å². The molecule has 1 atom stereocenters. The first-order chi connectivity index (χ1) is 11.0. The fourth-order valence-corrected chi connectivity index (χ4v) is 2.06. The van der Waals surface area contributed by atoms with E-state index in [1.54, 1.807) is 18.2 Å². The lowest BCUT2D eigenvalue weighted by molar-refractivity contribution is -0.137. The van der Waals surface area contributed by atoms with Crippen molar-refractivity contribution in [2.75, 3.05) is 0 Å². The first kappa shape index (κ1) is 16.9. The zero-order valence-corrected chi connectivity index (χ0v) is 12.2. The molecule has 0 aliphatic heterocycles. The third kappa shape index (κ3) is 4.75. The average molecular weight is 322 g/mol. The van der Waals surface area contributed by atoms with Gasteiger partial charge >= 0.3 is 5.97 Å². The molecule has 23 heavy (non-hydrogen) atoms. The van der Waals surface area contributed by atoms with E-state index in [9.17, 15) is 18.7 Å². The van der Waals surface area contributed by atoms with Crippen LogP contribution in [-0.4, -0.2) is 16.2 Å². The molecule has 0 saturated carbocycles. The Morgan fingerprint density at radius 1 is 1.13 bits per heavy atom. The topological polar surface area (TPSA) is 66.8 Å². The molecule has 122 valence electrons. The van der Waals surface area contributed by atoms with Crippen LogP contribution in [-0.2, 0) is 11.4 Å². The zero-order valence-electron chi connectivity index (χ0n) is 12.2. The number of hydrogen-bond donors (Lipinski definition) is 2. The second kappa shape index (κ2) is 7.69. The largest absolute Gasteiger partial charge is 0.489 e. The van der Waals surface area contributed by atoms with Gasteiger partial charge in [-0.05, 0) is 36.2 Å². The second-order valence-electron chi connectivity index (χ2n) is 5.01. The van der Waals surface area contributed by atoms with E-state index in [1.807, 2.05) is 0 Å². The summed E-state index contributed by atoms with van der Waals surface area (Å²) in [4.78, 5) is 10.5. The number of hydrogen-bond acceptors (Lipinski definition) is 3. The van der Waals surface area contributed by atoms with E-state index >= 15 is 0 Å². The van der Waals surface area contributed by atoms with E-state index in [0.29, 0.717) is 11.3 Å². The van der Waals surface area contributed by atoms with Crippen molar-refractivity contribution in [3.63, 3.8) is 0 Å². The SMILES string of the molecule is O=C(O)CCC(O)c1cccc(OCc2c(F)cccc2F)c1. The van der Waals surface area contributed by atoms with Gasteiger partial charge < -0.3 is 14.9 Å². The standard InChI is InChI=1S/C17H16F2O4/c18-14-5-2-6-15(19)13(14)10-23-12-4-1-3-11(9-12)16(20)7-8-17(21)22/h1-6,9,16,20H,7-8,10H2,(H,21,22). The summed E-state index contributed by atoms with van der Waals surface area (Å²) in [6.45, 7) is -0.285. The fourth-order valence-electron chi connectivity index (χ4n) is 2.06. The monoisotopic (exact) mass is 322 g/mol. The number of carboxylic acid groups (broad SMARTS) is 1. The van der Waals surface area contributed by atoms with Gasteiger partial charge in [0.15, 0.2) is 0 Å². The van der Waals surface area contributed by atoms with Gasteiger partial charge in [-0.1, -0.05) is 18.2 Å². The van der Waals surface area contributed by atoms with Gasteiger partial charge in [0.1, 0.15) is 24.0 Å². The number of carboxylic acids is 1. The molecule has 2 rings (SSSR count). The lowest BCUT2D eigenvalue weighted by Crippen LogP contribution is -2.04. The fraction of sp³-hybridized carbons (Fsp3) is 0.235. The van der Waals surface area contributed by atoms with E-state index in [1.165, 1.54) is 12.1 Å². The average Bonchev–Trinajstić information content (AvgIpc) is 2.52. The minimum atomic E-state index is -0.994. The van der Waals surface area contributed by atoms with Crippen LogP contribution in [0.25, 0.3) is 0 Å². The maximum absolute atomic E-state index is 13.5. The minimum Gasteiger partial charge on any atom is -0.489 e. The number of aliphatic hydroxyl groups excluding tert-OH is 1. The molecule has 0 saturated heterocycles. The van der Waals surface area contributed by atoms with Crippen LogP contribution < -0.4 is 4.74 Å². The molecular weight excluding hydrogens is 306 g/mol. The van der Waals surface area contributed by atoms with Gasteiger partial charge in [0.25, 0.3) is 0 Å². The quantitative estimate of drug-likeness (QED) is 0.819. The number of ether oxygens (including phenoxy) is 1. The van der Waals surface area contributed by atoms with Gasteiger partial charge in [0.2, 0.25) is 0 Å². The molecule has 4 nitrogen and oxygen atoms in total. The van der Waals surface area contributed by atoms with Gasteiger partial charge in [-0.25, -0.2) is 8.78 Å². The minimum absolute atomic E-state index is 0.0702. The van der Waals surface area contributed by atoms with E-state index in [4.69, 9.17) is 9.84 Å². The molecule has 0 aliphatic carbocycles. The van der Waals surface area contributed by atoms with Gasteiger partial charge in [-0.3, -0.25) is 4.79 Å². The summed E-state index contributed by atoms with van der Waals surface area (Å²) in [5.74, 6) is -2.05. The molecular formula is C17H16F2O4. The number of rotatable bonds is 7. The number of aliphatic hydroxyl groups is 1. The van der Waals surface area contributed by atoms with Crippen molar-refractivity contribution >= 4 is 5.97 Å². The number of benzene rings is 2. The Labute approximate surface area is 132 Å². The van der Waals surface area contributed by atoms with Crippen LogP contribution >= 0.6 is 0 Å². The smallest absolute Gasteiger partial charge is 0.303 e. The highest BCUT2D eigenvalue weighted by Crippen LogP contribution is 2.24. The van der Waals surface area contributed by atoms with Gasteiger partial charge in [0, 0.05) is 6.42 Å². The van der Waals surface area contributed by atoms with Crippen molar-refractivity contribution in [3.8, 4) is 5.75 Å². The highest BCUT2D eigenvalue weighted by atomic mass is 19.1. The third-order valence-corrected chi connectivity index (χ3v) is 3.32. The van der Waals surface area contributed by atoms with Crippen LogP contribution in [0.15, 0.2) is 42.5 Å². The first-order valence-corrected chi connectivity index (χ1v) is 7.03. The van der Waals surface area contributed by atoms with Crippen LogP contribution in [0.1, 0.15) is 30.1 Å². The molecule has 6 heteroatoms. The summed E-state index contributed by atoms with van der Waals surface area (Å²) in [5, 5.41) is 18.5. The van der Waals surface area contributed by atoms with Crippen LogP contribution in [0, 0.1) is 11.6 Å². The van der Waals surface area contributed by atoms with E-state index in [2.05, 4.69) is 0 Å². The predicted molar refractivity (Wildman–Crippen MR) is 79.0 cm³/mol. The Bertz CT molecular complexity index is 668. The summed E-state index contributed by atoms with van der Waals surface area (Å²) in [5.41, 5.74) is 0.307. The molecule has 0 spiro atoms. The van der Waals surface area contributed by atoms with Gasteiger partial charge in [-0.2, -0.15) is 0 Å². The molecule has 2 aromatic carbocycles. The maximum atomic E-state index is 13.5. The molecule has 0 bridgehead atoms. The molecule has 0 fully saturated rings. The number of halogens is 2. The normalized spacial score (nSPS) is 12.0. The third-order valence-electron chi connectivity index (χ3n) is 3.32. The van der Waals surface area contributed by atoms with Gasteiger partial charge in [-0.15, -0.1) is 0 Å². The first-order valence-electron chi connectivity index (χ1n) is 7.03. The molecule has 0 heterocycles. The molecule has 0 aromatic heterocycles. The Morgan fingerprint density at radius 3 is 2.43 bits per heavy atom. The summed E-state index contributed by atoms with van der Waals surface area (Å²) >= 11 is 0. The van der Waals surface area contributed by atoms with Crippen LogP contribution in [0.4, 0.5) is 8.78 Å². The molecule has 1 unspecified atom stereocenters.